The number of aromatic nitrogens is 5. The van der Waals surface area contributed by atoms with Crippen LogP contribution in [0.4, 0.5) is 17.0 Å². The van der Waals surface area contributed by atoms with Crippen molar-refractivity contribution < 1.29 is 0 Å². The molecule has 0 saturated carbocycles. The highest BCUT2D eigenvalue weighted by Crippen LogP contribution is 2.31. The summed E-state index contributed by atoms with van der Waals surface area (Å²) in [5, 5.41) is 9.47. The minimum atomic E-state index is 0.193. The number of rotatable bonds is 4. The number of hydrogen-bond donors (Lipinski definition) is 1. The van der Waals surface area contributed by atoms with Gasteiger partial charge in [-0.15, -0.1) is 10.2 Å². The van der Waals surface area contributed by atoms with Crippen molar-refractivity contribution in [3.8, 4) is 0 Å². The molecule has 0 aromatic carbocycles. The molecule has 10 heteroatoms. The van der Waals surface area contributed by atoms with Crippen molar-refractivity contribution in [1.82, 2.24) is 25.1 Å². The molecule has 0 aliphatic carbocycles. The lowest BCUT2D eigenvalue weighted by molar-refractivity contribution is 0.873. The molecular formula is C9H14N8S2. The number of anilines is 3. The van der Waals surface area contributed by atoms with Crippen LogP contribution in [0.2, 0.25) is 0 Å². The lowest BCUT2D eigenvalue weighted by atomic mass is 10.8. The average molecular weight is 298 g/mol. The molecule has 2 rings (SSSR count). The van der Waals surface area contributed by atoms with Crippen LogP contribution < -0.4 is 15.5 Å². The van der Waals surface area contributed by atoms with Crippen LogP contribution in [0, 0.1) is 0 Å². The zero-order valence-electron chi connectivity index (χ0n) is 11.0. The molecule has 0 spiro atoms. The first-order chi connectivity index (χ1) is 8.95. The van der Waals surface area contributed by atoms with Gasteiger partial charge in [-0.1, -0.05) is 11.3 Å². The summed E-state index contributed by atoms with van der Waals surface area (Å²) in [6, 6.07) is 0. The molecule has 2 heterocycles. The van der Waals surface area contributed by atoms with Crippen molar-refractivity contribution in [3.63, 3.8) is 0 Å². The molecule has 2 N–H and O–H groups in total. The third-order valence-electron chi connectivity index (χ3n) is 1.98. The summed E-state index contributed by atoms with van der Waals surface area (Å²) >= 11 is 2.79. The number of hydrogen-bond acceptors (Lipinski definition) is 10. The molecule has 2 aromatic rings. The largest absolute Gasteiger partial charge is 0.368 e. The van der Waals surface area contributed by atoms with Crippen LogP contribution in [0.1, 0.15) is 0 Å². The highest BCUT2D eigenvalue weighted by atomic mass is 32.2. The molecule has 8 nitrogen and oxygen atoms in total. The van der Waals surface area contributed by atoms with Crippen LogP contribution in [-0.2, 0) is 0 Å². The lowest BCUT2D eigenvalue weighted by Gasteiger charge is -2.10. The summed E-state index contributed by atoms with van der Waals surface area (Å²) in [5.41, 5.74) is 5.66. The summed E-state index contributed by atoms with van der Waals surface area (Å²) in [6.07, 6.45) is 0. The summed E-state index contributed by atoms with van der Waals surface area (Å²) in [4.78, 5) is 16.1. The third kappa shape index (κ3) is 3.41. The Hall–Kier alpha value is -1.68. The highest BCUT2D eigenvalue weighted by Gasteiger charge is 2.12. The summed E-state index contributed by atoms with van der Waals surface area (Å²) in [7, 11) is 7.52. The second kappa shape index (κ2) is 5.53. The van der Waals surface area contributed by atoms with E-state index in [-0.39, 0.29) is 5.95 Å². The van der Waals surface area contributed by atoms with Gasteiger partial charge in [0.15, 0.2) is 4.34 Å². The molecule has 0 radical (unpaired) electrons. The fourth-order valence-corrected chi connectivity index (χ4v) is 2.73. The minimum Gasteiger partial charge on any atom is -0.368 e. The van der Waals surface area contributed by atoms with Crippen molar-refractivity contribution >= 4 is 40.1 Å². The van der Waals surface area contributed by atoms with Gasteiger partial charge in [0.25, 0.3) is 0 Å². The van der Waals surface area contributed by atoms with Crippen molar-refractivity contribution in [2.45, 2.75) is 9.50 Å². The molecule has 0 aliphatic heterocycles. The first kappa shape index (κ1) is 13.7. The Kier molecular flexibility index (Phi) is 4.00. The molecular weight excluding hydrogens is 284 g/mol. The van der Waals surface area contributed by atoms with E-state index >= 15 is 0 Å². The quantitative estimate of drug-likeness (QED) is 0.869. The molecule has 0 saturated heterocycles. The molecule has 0 unspecified atom stereocenters. The van der Waals surface area contributed by atoms with Crippen molar-refractivity contribution in [1.29, 1.82) is 0 Å². The Balaban J connectivity index is 2.22. The maximum absolute atomic E-state index is 5.66. The van der Waals surface area contributed by atoms with Gasteiger partial charge < -0.3 is 15.5 Å². The van der Waals surface area contributed by atoms with Crippen LogP contribution >= 0.6 is 23.1 Å². The number of nitrogens with zero attached hydrogens (tertiary/aromatic N) is 7. The van der Waals surface area contributed by atoms with Crippen LogP contribution in [0.3, 0.4) is 0 Å². The Labute approximate surface area is 119 Å². The zero-order chi connectivity index (χ0) is 14.0. The molecule has 0 aliphatic rings. The van der Waals surface area contributed by atoms with E-state index in [1.54, 1.807) is 4.90 Å². The molecule has 0 atom stereocenters. The molecule has 102 valence electrons. The monoisotopic (exact) mass is 298 g/mol. The van der Waals surface area contributed by atoms with Crippen LogP contribution in [0.25, 0.3) is 0 Å². The first-order valence-corrected chi connectivity index (χ1v) is 6.96. The van der Waals surface area contributed by atoms with E-state index in [4.69, 9.17) is 5.73 Å². The third-order valence-corrected chi connectivity index (χ3v) is 3.98. The fraction of sp³-hybridized carbons (Fsp3) is 0.444. The topological polar surface area (TPSA) is 97.0 Å². The fourth-order valence-electron chi connectivity index (χ4n) is 1.11. The molecule has 0 fully saturated rings. The molecule has 2 aromatic heterocycles. The Bertz CT molecular complexity index is 567. The molecule has 0 amide bonds. The maximum Gasteiger partial charge on any atom is 0.230 e. The van der Waals surface area contributed by atoms with Gasteiger partial charge in [-0.3, -0.25) is 0 Å². The second-order valence-corrected chi connectivity index (χ2v) is 6.19. The van der Waals surface area contributed by atoms with E-state index in [9.17, 15) is 0 Å². The Morgan fingerprint density at radius 2 is 1.74 bits per heavy atom. The Morgan fingerprint density at radius 1 is 1.00 bits per heavy atom. The zero-order valence-corrected chi connectivity index (χ0v) is 12.7. The molecule has 0 bridgehead atoms. The van der Waals surface area contributed by atoms with Gasteiger partial charge in [0.05, 0.1) is 0 Å². The van der Waals surface area contributed by atoms with E-state index in [0.29, 0.717) is 11.1 Å². The summed E-state index contributed by atoms with van der Waals surface area (Å²) in [5.74, 6) is 0.714. The maximum atomic E-state index is 5.66. The number of nitrogens with two attached hydrogens (primary N) is 1. The second-order valence-electron chi connectivity index (χ2n) is 4.02. The minimum absolute atomic E-state index is 0.193. The van der Waals surface area contributed by atoms with E-state index in [0.717, 1.165) is 9.47 Å². The summed E-state index contributed by atoms with van der Waals surface area (Å²) < 4.78 is 0.763. The highest BCUT2D eigenvalue weighted by molar-refractivity contribution is 8.00. The van der Waals surface area contributed by atoms with Crippen LogP contribution in [-0.4, -0.2) is 53.3 Å². The predicted octanol–water partition coefficient (Wildman–Crippen LogP) is 0.588. The van der Waals surface area contributed by atoms with Gasteiger partial charge in [-0.2, -0.15) is 15.0 Å². The lowest BCUT2D eigenvalue weighted by Crippen LogP contribution is -2.15. The van der Waals surface area contributed by atoms with E-state index in [1.165, 1.54) is 23.1 Å². The van der Waals surface area contributed by atoms with E-state index in [2.05, 4.69) is 25.1 Å². The van der Waals surface area contributed by atoms with Gasteiger partial charge in [-0.25, -0.2) is 0 Å². The van der Waals surface area contributed by atoms with Crippen LogP contribution in [0.15, 0.2) is 9.50 Å². The standard InChI is InChI=1S/C9H14N8S2/c1-16(2)6-11-5(10)12-7(13-6)18-9-15-14-8(19-9)17(3)4/h1-4H3,(H2,10,11,12,13). The first-order valence-electron chi connectivity index (χ1n) is 5.33. The summed E-state index contributed by atoms with van der Waals surface area (Å²) in [6.45, 7) is 0. The van der Waals surface area contributed by atoms with E-state index in [1.807, 2.05) is 33.1 Å². The van der Waals surface area contributed by atoms with Crippen molar-refractivity contribution in [2.75, 3.05) is 43.7 Å². The van der Waals surface area contributed by atoms with Crippen molar-refractivity contribution in [3.05, 3.63) is 0 Å². The van der Waals surface area contributed by atoms with Gasteiger partial charge in [-0.05, 0) is 11.8 Å². The van der Waals surface area contributed by atoms with E-state index < -0.39 is 0 Å². The van der Waals surface area contributed by atoms with Crippen LogP contribution in [0.5, 0.6) is 0 Å². The molecule has 19 heavy (non-hydrogen) atoms. The van der Waals surface area contributed by atoms with Gasteiger partial charge in [0.2, 0.25) is 22.2 Å². The van der Waals surface area contributed by atoms with Gasteiger partial charge in [0.1, 0.15) is 0 Å². The normalized spacial score (nSPS) is 10.5. The van der Waals surface area contributed by atoms with Gasteiger partial charge in [0, 0.05) is 28.2 Å². The van der Waals surface area contributed by atoms with Crippen molar-refractivity contribution in [2.24, 2.45) is 0 Å². The number of nitrogen functional groups attached to an aromatic ring is 1. The smallest absolute Gasteiger partial charge is 0.230 e. The Morgan fingerprint density at radius 3 is 2.32 bits per heavy atom. The van der Waals surface area contributed by atoms with Gasteiger partial charge >= 0.3 is 0 Å². The average Bonchev–Trinajstić information content (AvgIpc) is 2.76. The predicted molar refractivity (Wildman–Crippen MR) is 76.9 cm³/mol. The SMILES string of the molecule is CN(C)c1nc(N)nc(Sc2nnc(N(C)C)s2)n1.